The van der Waals surface area contributed by atoms with Crippen LogP contribution in [0, 0.1) is 0 Å². The summed E-state index contributed by atoms with van der Waals surface area (Å²) in [5, 5.41) is 2.96. The molecule has 0 aliphatic rings. The first kappa shape index (κ1) is 11.8. The van der Waals surface area contributed by atoms with Crippen molar-refractivity contribution in [2.75, 3.05) is 0 Å². The average Bonchev–Trinajstić information content (AvgIpc) is 2.63. The molecule has 17 heavy (non-hydrogen) atoms. The number of hydrogen-bond donors (Lipinski definition) is 0. The van der Waals surface area contributed by atoms with Gasteiger partial charge in [0, 0.05) is 25.8 Å². The molecule has 3 aromatic rings. The third-order valence-electron chi connectivity index (χ3n) is 2.57. The van der Waals surface area contributed by atoms with E-state index in [4.69, 9.17) is 27.6 Å². The molecule has 0 spiro atoms. The summed E-state index contributed by atoms with van der Waals surface area (Å²) in [6.45, 7) is 0. The van der Waals surface area contributed by atoms with Gasteiger partial charge in [-0.1, -0.05) is 23.2 Å². The van der Waals surface area contributed by atoms with Crippen LogP contribution in [0.2, 0.25) is 10.0 Å². The summed E-state index contributed by atoms with van der Waals surface area (Å²) in [6.07, 6.45) is 0. The maximum atomic E-state index is 6.04. The Labute approximate surface area is 124 Å². The van der Waals surface area contributed by atoms with Crippen LogP contribution in [0.15, 0.2) is 37.6 Å². The van der Waals surface area contributed by atoms with Gasteiger partial charge < -0.3 is 4.42 Å². The van der Waals surface area contributed by atoms with Crippen molar-refractivity contribution in [2.45, 2.75) is 0 Å². The van der Waals surface area contributed by atoms with Crippen LogP contribution in [0.5, 0.6) is 0 Å². The quantitative estimate of drug-likeness (QED) is 0.429. The smallest absolute Gasteiger partial charge is 0.137 e. The second-order valence-corrected chi connectivity index (χ2v) is 6.06. The van der Waals surface area contributed by atoms with Gasteiger partial charge in [-0.3, -0.25) is 0 Å². The van der Waals surface area contributed by atoms with Crippen LogP contribution in [0.1, 0.15) is 0 Å². The SMILES string of the molecule is Clc1cc2oc3ccc(Br)c(Br)c3c2cc1Cl. The van der Waals surface area contributed by atoms with Crippen molar-refractivity contribution >= 4 is 77.0 Å². The van der Waals surface area contributed by atoms with E-state index in [9.17, 15) is 0 Å². The molecular weight excluding hydrogens is 391 g/mol. The van der Waals surface area contributed by atoms with Gasteiger partial charge in [-0.05, 0) is 50.1 Å². The lowest BCUT2D eigenvalue weighted by Gasteiger charge is -1.98. The molecule has 0 atom stereocenters. The molecule has 5 heteroatoms. The van der Waals surface area contributed by atoms with Crippen LogP contribution in [0.25, 0.3) is 21.9 Å². The van der Waals surface area contributed by atoms with Gasteiger partial charge in [0.1, 0.15) is 11.2 Å². The first-order valence-corrected chi connectivity index (χ1v) is 7.07. The Kier molecular flexibility index (Phi) is 2.90. The number of halogens is 4. The minimum absolute atomic E-state index is 0.494. The number of rotatable bonds is 0. The fourth-order valence-corrected chi connectivity index (χ4v) is 2.98. The minimum Gasteiger partial charge on any atom is -0.456 e. The number of hydrogen-bond acceptors (Lipinski definition) is 1. The zero-order valence-electron chi connectivity index (χ0n) is 8.23. The summed E-state index contributed by atoms with van der Waals surface area (Å²) < 4.78 is 7.65. The zero-order chi connectivity index (χ0) is 12.2. The van der Waals surface area contributed by atoms with Gasteiger partial charge in [0.15, 0.2) is 0 Å². The van der Waals surface area contributed by atoms with Crippen molar-refractivity contribution < 1.29 is 4.42 Å². The normalized spacial score (nSPS) is 11.5. The predicted molar refractivity (Wildman–Crippen MR) is 79.1 cm³/mol. The fourth-order valence-electron chi connectivity index (χ4n) is 1.80. The molecule has 1 heterocycles. The van der Waals surface area contributed by atoms with Gasteiger partial charge in [0.25, 0.3) is 0 Å². The number of benzene rings is 2. The van der Waals surface area contributed by atoms with E-state index >= 15 is 0 Å². The lowest BCUT2D eigenvalue weighted by Crippen LogP contribution is -1.73. The molecule has 86 valence electrons. The lowest BCUT2D eigenvalue weighted by atomic mass is 10.1. The summed E-state index contributed by atoms with van der Waals surface area (Å²) in [7, 11) is 0. The topological polar surface area (TPSA) is 13.1 Å². The number of fused-ring (bicyclic) bond motifs is 3. The lowest BCUT2D eigenvalue weighted by molar-refractivity contribution is 0.669. The maximum absolute atomic E-state index is 6.04. The molecule has 0 fully saturated rings. The molecule has 0 aliphatic heterocycles. The van der Waals surface area contributed by atoms with Crippen molar-refractivity contribution in [1.82, 2.24) is 0 Å². The summed E-state index contributed by atoms with van der Waals surface area (Å²) in [5.41, 5.74) is 1.53. The van der Waals surface area contributed by atoms with Crippen LogP contribution in [0.3, 0.4) is 0 Å². The van der Waals surface area contributed by atoms with Crippen molar-refractivity contribution in [3.63, 3.8) is 0 Å². The molecule has 0 aliphatic carbocycles. The average molecular weight is 395 g/mol. The summed E-state index contributed by atoms with van der Waals surface area (Å²) in [5.74, 6) is 0. The standard InChI is InChI=1S/C12H4Br2Cl2O/c13-6-1-2-9-11(12(6)14)5-3-7(15)8(16)4-10(5)17-9/h1-4H. The van der Waals surface area contributed by atoms with E-state index < -0.39 is 0 Å². The number of furan rings is 1. The van der Waals surface area contributed by atoms with E-state index in [1.807, 2.05) is 18.2 Å². The van der Waals surface area contributed by atoms with Crippen LogP contribution in [-0.2, 0) is 0 Å². The van der Waals surface area contributed by atoms with E-state index in [1.54, 1.807) is 6.07 Å². The Balaban J connectivity index is 2.58. The summed E-state index contributed by atoms with van der Waals surface area (Å²) in [6, 6.07) is 7.39. The summed E-state index contributed by atoms with van der Waals surface area (Å²) >= 11 is 19.0. The third-order valence-corrected chi connectivity index (χ3v) is 5.31. The van der Waals surface area contributed by atoms with Crippen molar-refractivity contribution in [3.8, 4) is 0 Å². The maximum Gasteiger partial charge on any atom is 0.137 e. The molecule has 1 aromatic heterocycles. The first-order chi connectivity index (χ1) is 8.08. The molecule has 0 saturated heterocycles. The highest BCUT2D eigenvalue weighted by Gasteiger charge is 2.13. The first-order valence-electron chi connectivity index (χ1n) is 4.73. The molecule has 0 bridgehead atoms. The van der Waals surface area contributed by atoms with Crippen LogP contribution >= 0.6 is 55.1 Å². The minimum atomic E-state index is 0.494. The highest BCUT2D eigenvalue weighted by molar-refractivity contribution is 9.13. The molecule has 0 amide bonds. The van der Waals surface area contributed by atoms with Crippen molar-refractivity contribution in [1.29, 1.82) is 0 Å². The third kappa shape index (κ3) is 1.80. The highest BCUT2D eigenvalue weighted by atomic mass is 79.9. The molecule has 0 N–H and O–H groups in total. The Morgan fingerprint density at radius 2 is 1.65 bits per heavy atom. The van der Waals surface area contributed by atoms with Crippen molar-refractivity contribution in [3.05, 3.63) is 43.3 Å². The van der Waals surface area contributed by atoms with Gasteiger partial charge in [-0.2, -0.15) is 0 Å². The van der Waals surface area contributed by atoms with Crippen LogP contribution in [0.4, 0.5) is 0 Å². The molecular formula is C12H4Br2Cl2O. The largest absolute Gasteiger partial charge is 0.456 e. The molecule has 0 radical (unpaired) electrons. The fraction of sp³-hybridized carbons (Fsp3) is 0. The van der Waals surface area contributed by atoms with Gasteiger partial charge >= 0.3 is 0 Å². The summed E-state index contributed by atoms with van der Waals surface area (Å²) in [4.78, 5) is 0. The van der Waals surface area contributed by atoms with E-state index in [0.29, 0.717) is 10.0 Å². The molecule has 0 unspecified atom stereocenters. The molecule has 2 aromatic carbocycles. The van der Waals surface area contributed by atoms with Gasteiger partial charge in [0.2, 0.25) is 0 Å². The zero-order valence-corrected chi connectivity index (χ0v) is 12.9. The van der Waals surface area contributed by atoms with Gasteiger partial charge in [-0.15, -0.1) is 0 Å². The second-order valence-electron chi connectivity index (χ2n) is 3.60. The monoisotopic (exact) mass is 392 g/mol. The predicted octanol–water partition coefficient (Wildman–Crippen LogP) is 6.42. The Morgan fingerprint density at radius 1 is 0.941 bits per heavy atom. The van der Waals surface area contributed by atoms with E-state index in [-0.39, 0.29) is 0 Å². The van der Waals surface area contributed by atoms with Crippen LogP contribution in [-0.4, -0.2) is 0 Å². The van der Waals surface area contributed by atoms with E-state index in [0.717, 1.165) is 30.9 Å². The Morgan fingerprint density at radius 3 is 2.41 bits per heavy atom. The van der Waals surface area contributed by atoms with Gasteiger partial charge in [-0.25, -0.2) is 0 Å². The molecule has 1 nitrogen and oxygen atoms in total. The Hall–Kier alpha value is -0.220. The molecule has 0 saturated carbocycles. The van der Waals surface area contributed by atoms with E-state index in [1.165, 1.54) is 0 Å². The Bertz CT molecular complexity index is 749. The van der Waals surface area contributed by atoms with Crippen LogP contribution < -0.4 is 0 Å². The second kappa shape index (κ2) is 4.16. The van der Waals surface area contributed by atoms with E-state index in [2.05, 4.69) is 31.9 Å². The van der Waals surface area contributed by atoms with Crippen molar-refractivity contribution in [2.24, 2.45) is 0 Å². The molecule has 3 rings (SSSR count). The van der Waals surface area contributed by atoms with Gasteiger partial charge in [0.05, 0.1) is 10.0 Å². The highest BCUT2D eigenvalue weighted by Crippen LogP contribution is 2.40.